The third-order valence-electron chi connectivity index (χ3n) is 5.11. The number of amides is 1. The van der Waals surface area contributed by atoms with Crippen molar-refractivity contribution in [1.82, 2.24) is 14.9 Å². The van der Waals surface area contributed by atoms with Crippen LogP contribution in [0.5, 0.6) is 5.88 Å². The Kier molecular flexibility index (Phi) is 7.60. The van der Waals surface area contributed by atoms with Gasteiger partial charge in [-0.2, -0.15) is 4.98 Å². The average Bonchev–Trinajstić information content (AvgIpc) is 2.80. The normalized spacial score (nSPS) is 11.8. The van der Waals surface area contributed by atoms with Crippen molar-refractivity contribution < 1.29 is 23.4 Å². The minimum Gasteiger partial charge on any atom is -0.472 e. The molecule has 0 bridgehead atoms. The van der Waals surface area contributed by atoms with Crippen LogP contribution < -0.4 is 15.6 Å². The van der Waals surface area contributed by atoms with E-state index in [0.29, 0.717) is 16.8 Å². The van der Waals surface area contributed by atoms with Gasteiger partial charge in [0.15, 0.2) is 0 Å². The molecular weight excluding hydrogens is 500 g/mol. The number of rotatable bonds is 7. The van der Waals surface area contributed by atoms with E-state index in [9.17, 15) is 23.5 Å². The number of carbonyl (C=O) groups is 1. The van der Waals surface area contributed by atoms with Gasteiger partial charge in [-0.25, -0.2) is 8.78 Å². The van der Waals surface area contributed by atoms with Gasteiger partial charge in [0.2, 0.25) is 5.88 Å². The molecule has 7 nitrogen and oxygen atoms in total. The molecule has 10 heteroatoms. The van der Waals surface area contributed by atoms with Gasteiger partial charge in [0.25, 0.3) is 11.5 Å². The summed E-state index contributed by atoms with van der Waals surface area (Å²) in [5, 5.41) is 12.2. The number of carbonyl (C=O) groups excluding carboxylic acids is 1. The molecule has 0 aliphatic heterocycles. The summed E-state index contributed by atoms with van der Waals surface area (Å²) in [6, 6.07) is 7.95. The Balaban J connectivity index is 2.07. The van der Waals surface area contributed by atoms with Crippen molar-refractivity contribution in [2.45, 2.75) is 26.4 Å². The molecule has 2 N–H and O–H groups in total. The molecule has 0 aliphatic rings. The lowest BCUT2D eigenvalue weighted by molar-refractivity contribution is 0.0963. The van der Waals surface area contributed by atoms with Crippen LogP contribution in [0.15, 0.2) is 45.7 Å². The molecule has 0 saturated carbocycles. The summed E-state index contributed by atoms with van der Waals surface area (Å²) in [6.07, 6.45) is 0. The van der Waals surface area contributed by atoms with Crippen molar-refractivity contribution in [1.29, 1.82) is 0 Å². The molecule has 2 aromatic carbocycles. The van der Waals surface area contributed by atoms with Gasteiger partial charge in [0.05, 0.1) is 5.69 Å². The number of benzene rings is 2. The molecule has 174 valence electrons. The van der Waals surface area contributed by atoms with Crippen molar-refractivity contribution in [3.05, 3.63) is 85.4 Å². The van der Waals surface area contributed by atoms with E-state index in [1.165, 1.54) is 17.7 Å². The first-order chi connectivity index (χ1) is 15.7. The zero-order valence-corrected chi connectivity index (χ0v) is 19.7. The van der Waals surface area contributed by atoms with E-state index in [-0.39, 0.29) is 46.8 Å². The van der Waals surface area contributed by atoms with Gasteiger partial charge in [-0.1, -0.05) is 13.0 Å². The van der Waals surface area contributed by atoms with Crippen LogP contribution in [-0.2, 0) is 6.61 Å². The maximum atomic E-state index is 13.9. The zero-order valence-electron chi connectivity index (χ0n) is 18.2. The molecule has 3 rings (SSSR count). The minimum atomic E-state index is -0.773. The largest absolute Gasteiger partial charge is 0.472 e. The molecule has 1 unspecified atom stereocenters. The van der Waals surface area contributed by atoms with Crippen LogP contribution in [0, 0.1) is 18.6 Å². The highest BCUT2D eigenvalue weighted by Crippen LogP contribution is 2.27. The van der Waals surface area contributed by atoms with Gasteiger partial charge in [-0.05, 0) is 52.7 Å². The molecule has 0 radical (unpaired) electrons. The second-order valence-electron chi connectivity index (χ2n) is 7.38. The number of hydrogen-bond acceptors (Lipinski definition) is 5. The summed E-state index contributed by atoms with van der Waals surface area (Å²) in [5.41, 5.74) is 0.952. The predicted molar refractivity (Wildman–Crippen MR) is 122 cm³/mol. The second-order valence-corrected chi connectivity index (χ2v) is 8.17. The van der Waals surface area contributed by atoms with Crippen LogP contribution in [-0.4, -0.2) is 34.2 Å². The molecule has 0 fully saturated rings. The molecule has 0 saturated heterocycles. The average molecular weight is 522 g/mol. The fraction of sp³-hybridized carbons (Fsp3) is 0.261. The van der Waals surface area contributed by atoms with Crippen LogP contribution in [0.3, 0.4) is 0 Å². The highest BCUT2D eigenvalue weighted by atomic mass is 79.9. The number of nitrogens with one attached hydrogen (secondary N) is 1. The van der Waals surface area contributed by atoms with E-state index in [0.717, 1.165) is 12.1 Å². The summed E-state index contributed by atoms with van der Waals surface area (Å²) < 4.78 is 33.9. The van der Waals surface area contributed by atoms with Crippen molar-refractivity contribution in [2.75, 3.05) is 13.7 Å². The molecule has 1 heterocycles. The highest BCUT2D eigenvalue weighted by Gasteiger charge is 2.21. The van der Waals surface area contributed by atoms with Crippen molar-refractivity contribution in [3.8, 4) is 11.6 Å². The van der Waals surface area contributed by atoms with Crippen molar-refractivity contribution >= 4 is 21.8 Å². The van der Waals surface area contributed by atoms with Crippen LogP contribution in [0.1, 0.15) is 40.2 Å². The quantitative estimate of drug-likeness (QED) is 0.495. The standard InChI is InChI=1S/C23H22BrF2N3O4/c1-12(10-30)17-7-5-14(21(31)27-3)8-19(17)29-13(2)28-22(20(24)23(29)32)33-11-15-4-6-16(25)9-18(15)26/h4-9,12,30H,10-11H2,1-3H3,(H,27,31). The van der Waals surface area contributed by atoms with Crippen LogP contribution in [0.25, 0.3) is 5.69 Å². The van der Waals surface area contributed by atoms with E-state index in [4.69, 9.17) is 4.74 Å². The second kappa shape index (κ2) is 10.2. The maximum Gasteiger partial charge on any atom is 0.276 e. The molecule has 1 aromatic heterocycles. The summed E-state index contributed by atoms with van der Waals surface area (Å²) in [7, 11) is 1.50. The number of aromatic nitrogens is 2. The highest BCUT2D eigenvalue weighted by molar-refractivity contribution is 9.10. The summed E-state index contributed by atoms with van der Waals surface area (Å²) in [6.45, 7) is 2.94. The monoisotopic (exact) mass is 521 g/mol. The summed E-state index contributed by atoms with van der Waals surface area (Å²) >= 11 is 3.20. The number of ether oxygens (including phenoxy) is 1. The fourth-order valence-electron chi connectivity index (χ4n) is 3.28. The van der Waals surface area contributed by atoms with Gasteiger partial charge in [-0.3, -0.25) is 14.2 Å². The Bertz CT molecular complexity index is 1260. The van der Waals surface area contributed by atoms with E-state index in [1.807, 2.05) is 0 Å². The maximum absolute atomic E-state index is 13.9. The number of nitrogens with zero attached hydrogens (tertiary/aromatic N) is 2. The van der Waals surface area contributed by atoms with Gasteiger partial charge in [0.1, 0.15) is 28.5 Å². The molecule has 1 amide bonds. The molecular formula is C23H22BrF2N3O4. The molecule has 1 atom stereocenters. The molecule has 33 heavy (non-hydrogen) atoms. The van der Waals surface area contributed by atoms with E-state index in [1.54, 1.807) is 32.0 Å². The number of aliphatic hydroxyl groups is 1. The SMILES string of the molecule is CNC(=O)c1ccc(C(C)CO)c(-n2c(C)nc(OCc3ccc(F)cc3F)c(Br)c2=O)c1. The third-order valence-corrected chi connectivity index (χ3v) is 5.79. The van der Waals surface area contributed by atoms with Gasteiger partial charge in [0, 0.05) is 36.8 Å². The van der Waals surface area contributed by atoms with Gasteiger partial charge in [-0.15, -0.1) is 0 Å². The van der Waals surface area contributed by atoms with Crippen molar-refractivity contribution in [3.63, 3.8) is 0 Å². The van der Waals surface area contributed by atoms with Gasteiger partial charge >= 0.3 is 0 Å². The first kappa shape index (κ1) is 24.5. The Labute approximate surface area is 197 Å². The molecule has 0 aliphatic carbocycles. The lowest BCUT2D eigenvalue weighted by atomic mass is 9.97. The van der Waals surface area contributed by atoms with Crippen LogP contribution >= 0.6 is 15.9 Å². The zero-order chi connectivity index (χ0) is 24.3. The molecule has 0 spiro atoms. The Hall–Kier alpha value is -3.11. The van der Waals surface area contributed by atoms with Crippen molar-refractivity contribution in [2.24, 2.45) is 0 Å². The molecule has 3 aromatic rings. The number of hydrogen-bond donors (Lipinski definition) is 2. The Morgan fingerprint density at radius 2 is 2.00 bits per heavy atom. The predicted octanol–water partition coefficient (Wildman–Crippen LogP) is 3.62. The van der Waals surface area contributed by atoms with Gasteiger partial charge < -0.3 is 15.2 Å². The first-order valence-electron chi connectivity index (χ1n) is 10.0. The van der Waals surface area contributed by atoms with E-state index >= 15 is 0 Å². The van der Waals surface area contributed by atoms with E-state index in [2.05, 4.69) is 26.2 Å². The lowest BCUT2D eigenvalue weighted by Crippen LogP contribution is -2.26. The smallest absolute Gasteiger partial charge is 0.276 e. The lowest BCUT2D eigenvalue weighted by Gasteiger charge is -2.20. The van der Waals surface area contributed by atoms with Crippen LogP contribution in [0.2, 0.25) is 0 Å². The number of aliphatic hydroxyl groups excluding tert-OH is 1. The summed E-state index contributed by atoms with van der Waals surface area (Å²) in [4.78, 5) is 29.7. The van der Waals surface area contributed by atoms with E-state index < -0.39 is 17.2 Å². The third kappa shape index (κ3) is 5.12. The van der Waals surface area contributed by atoms with Crippen LogP contribution in [0.4, 0.5) is 8.78 Å². The fourth-order valence-corrected chi connectivity index (χ4v) is 3.67. The number of aryl methyl sites for hydroxylation is 1. The number of halogens is 3. The summed E-state index contributed by atoms with van der Waals surface area (Å²) in [5.74, 6) is -1.94. The minimum absolute atomic E-state index is 0.0106. The first-order valence-corrected chi connectivity index (χ1v) is 10.8. The Morgan fingerprint density at radius 3 is 2.64 bits per heavy atom. The topological polar surface area (TPSA) is 93.5 Å². The Morgan fingerprint density at radius 1 is 1.27 bits per heavy atom.